The fraction of sp³-hybridized carbons (Fsp3) is 0.500. The number of benzene rings is 1. The molecule has 1 aromatic rings. The normalized spacial score (nSPS) is 22.1. The minimum Gasteiger partial charge on any atom is -0.381 e. The van der Waals surface area contributed by atoms with Gasteiger partial charge in [0.25, 0.3) is 5.91 Å². The van der Waals surface area contributed by atoms with E-state index >= 15 is 0 Å². The third-order valence-electron chi connectivity index (χ3n) is 4.09. The summed E-state index contributed by atoms with van der Waals surface area (Å²) >= 11 is 3.46. The second kappa shape index (κ2) is 4.35. The van der Waals surface area contributed by atoms with Gasteiger partial charge in [-0.05, 0) is 43.5 Å². The van der Waals surface area contributed by atoms with Gasteiger partial charge in [-0.2, -0.15) is 0 Å². The van der Waals surface area contributed by atoms with Crippen LogP contribution in [-0.2, 0) is 11.3 Å². The molecular weight excluding hydrogens is 294 g/mol. The third-order valence-corrected chi connectivity index (χ3v) is 4.59. The van der Waals surface area contributed by atoms with E-state index in [1.807, 2.05) is 17.0 Å². The second-order valence-electron chi connectivity index (χ2n) is 5.30. The molecule has 2 heterocycles. The van der Waals surface area contributed by atoms with E-state index in [4.69, 9.17) is 4.74 Å². The quantitative estimate of drug-likeness (QED) is 0.798. The molecule has 3 rings (SSSR count). The molecule has 0 radical (unpaired) electrons. The van der Waals surface area contributed by atoms with Crippen molar-refractivity contribution in [1.82, 2.24) is 4.90 Å². The highest BCUT2D eigenvalue weighted by Gasteiger charge is 2.41. The number of carbonyl (C=O) groups is 1. The Bertz CT molecular complexity index is 495. The summed E-state index contributed by atoms with van der Waals surface area (Å²) in [4.78, 5) is 14.5. The number of halogens is 1. The number of amides is 1. The summed E-state index contributed by atoms with van der Waals surface area (Å²) in [6.45, 7) is 4.40. The molecule has 0 aliphatic carbocycles. The number of hydrogen-bond donors (Lipinski definition) is 0. The van der Waals surface area contributed by atoms with Gasteiger partial charge in [-0.3, -0.25) is 4.79 Å². The van der Waals surface area contributed by atoms with Gasteiger partial charge in [0.15, 0.2) is 0 Å². The Hall–Kier alpha value is -0.870. The maximum atomic E-state index is 12.5. The number of fused-ring (bicyclic) bond motifs is 1. The van der Waals surface area contributed by atoms with Crippen molar-refractivity contribution < 1.29 is 9.53 Å². The van der Waals surface area contributed by atoms with Crippen molar-refractivity contribution in [3.05, 3.63) is 33.8 Å². The molecule has 0 N–H and O–H groups in total. The van der Waals surface area contributed by atoms with Crippen LogP contribution in [0.2, 0.25) is 0 Å². The standard InChI is InChI=1S/C14H16BrNO2/c1-14(4-6-18-7-5-14)16-9-10-8-11(15)2-3-12(10)13(16)17/h2-3,8H,4-7,9H2,1H3. The van der Waals surface area contributed by atoms with E-state index in [0.29, 0.717) is 0 Å². The summed E-state index contributed by atoms with van der Waals surface area (Å²) in [5, 5.41) is 0. The van der Waals surface area contributed by atoms with Crippen molar-refractivity contribution >= 4 is 21.8 Å². The molecule has 1 saturated heterocycles. The van der Waals surface area contributed by atoms with Gasteiger partial charge in [-0.25, -0.2) is 0 Å². The van der Waals surface area contributed by atoms with Crippen LogP contribution in [0, 0.1) is 0 Å². The first-order valence-corrected chi connectivity index (χ1v) is 7.08. The maximum Gasteiger partial charge on any atom is 0.254 e. The largest absolute Gasteiger partial charge is 0.381 e. The first kappa shape index (κ1) is 12.2. The molecule has 0 unspecified atom stereocenters. The smallest absolute Gasteiger partial charge is 0.254 e. The van der Waals surface area contributed by atoms with E-state index < -0.39 is 0 Å². The Balaban J connectivity index is 1.92. The van der Waals surface area contributed by atoms with E-state index in [9.17, 15) is 4.79 Å². The van der Waals surface area contributed by atoms with Crippen LogP contribution in [0.25, 0.3) is 0 Å². The van der Waals surface area contributed by atoms with Crippen molar-refractivity contribution in [2.45, 2.75) is 31.8 Å². The van der Waals surface area contributed by atoms with Gasteiger partial charge in [0.05, 0.1) is 0 Å². The lowest BCUT2D eigenvalue weighted by Crippen LogP contribution is -2.49. The van der Waals surface area contributed by atoms with Gasteiger partial charge in [0.1, 0.15) is 0 Å². The highest BCUT2D eigenvalue weighted by atomic mass is 79.9. The number of rotatable bonds is 1. The minimum atomic E-state index is -0.0547. The maximum absolute atomic E-state index is 12.5. The van der Waals surface area contributed by atoms with Crippen molar-refractivity contribution in [1.29, 1.82) is 0 Å². The lowest BCUT2D eigenvalue weighted by atomic mass is 9.90. The minimum absolute atomic E-state index is 0.0547. The van der Waals surface area contributed by atoms with Gasteiger partial charge in [0.2, 0.25) is 0 Å². The van der Waals surface area contributed by atoms with Crippen LogP contribution in [0.5, 0.6) is 0 Å². The zero-order chi connectivity index (χ0) is 12.8. The Morgan fingerprint density at radius 3 is 2.78 bits per heavy atom. The van der Waals surface area contributed by atoms with E-state index in [1.165, 1.54) is 0 Å². The first-order valence-electron chi connectivity index (χ1n) is 6.28. The summed E-state index contributed by atoms with van der Waals surface area (Å²) in [7, 11) is 0. The summed E-state index contributed by atoms with van der Waals surface area (Å²) in [6, 6.07) is 5.91. The average Bonchev–Trinajstić information content (AvgIpc) is 2.68. The fourth-order valence-electron chi connectivity index (χ4n) is 2.81. The van der Waals surface area contributed by atoms with Gasteiger partial charge < -0.3 is 9.64 Å². The Morgan fingerprint density at radius 1 is 1.33 bits per heavy atom. The molecule has 2 aliphatic heterocycles. The Labute approximate surface area is 115 Å². The van der Waals surface area contributed by atoms with E-state index in [1.54, 1.807) is 0 Å². The molecule has 4 heteroatoms. The lowest BCUT2D eigenvalue weighted by Gasteiger charge is -2.41. The van der Waals surface area contributed by atoms with Crippen LogP contribution < -0.4 is 0 Å². The van der Waals surface area contributed by atoms with Gasteiger partial charge >= 0.3 is 0 Å². The Morgan fingerprint density at radius 2 is 2.06 bits per heavy atom. The van der Waals surface area contributed by atoms with Crippen molar-refractivity contribution in [2.75, 3.05) is 13.2 Å². The zero-order valence-electron chi connectivity index (χ0n) is 10.4. The van der Waals surface area contributed by atoms with Gasteiger partial charge in [-0.15, -0.1) is 0 Å². The highest BCUT2D eigenvalue weighted by Crippen LogP contribution is 2.36. The zero-order valence-corrected chi connectivity index (χ0v) is 12.0. The van der Waals surface area contributed by atoms with Crippen LogP contribution in [-0.4, -0.2) is 29.6 Å². The van der Waals surface area contributed by atoms with E-state index in [2.05, 4.69) is 28.9 Å². The summed E-state index contributed by atoms with van der Waals surface area (Å²) in [5.74, 6) is 0.168. The van der Waals surface area contributed by atoms with Crippen LogP contribution >= 0.6 is 15.9 Å². The molecule has 96 valence electrons. The predicted octanol–water partition coefficient (Wildman–Crippen LogP) is 2.97. The number of nitrogens with zero attached hydrogens (tertiary/aromatic N) is 1. The van der Waals surface area contributed by atoms with Crippen molar-refractivity contribution in [3.8, 4) is 0 Å². The predicted molar refractivity (Wildman–Crippen MR) is 72.5 cm³/mol. The van der Waals surface area contributed by atoms with Gasteiger partial charge in [-0.1, -0.05) is 15.9 Å². The SMILES string of the molecule is CC1(N2Cc3cc(Br)ccc3C2=O)CCOCC1. The van der Waals surface area contributed by atoms with E-state index in [0.717, 1.165) is 48.2 Å². The van der Waals surface area contributed by atoms with Crippen LogP contribution in [0.4, 0.5) is 0 Å². The summed E-state index contributed by atoms with van der Waals surface area (Å²) in [5.41, 5.74) is 1.92. The number of carbonyl (C=O) groups excluding carboxylic acids is 1. The first-order chi connectivity index (χ1) is 8.60. The molecular formula is C14H16BrNO2. The number of hydrogen-bond acceptors (Lipinski definition) is 2. The molecule has 2 aliphatic rings. The molecule has 0 atom stereocenters. The lowest BCUT2D eigenvalue weighted by molar-refractivity contribution is -0.0110. The summed E-state index contributed by atoms with van der Waals surface area (Å²) < 4.78 is 6.45. The molecule has 1 amide bonds. The molecule has 0 spiro atoms. The van der Waals surface area contributed by atoms with Crippen LogP contribution in [0.15, 0.2) is 22.7 Å². The van der Waals surface area contributed by atoms with Crippen molar-refractivity contribution in [3.63, 3.8) is 0 Å². The second-order valence-corrected chi connectivity index (χ2v) is 6.22. The third kappa shape index (κ3) is 1.88. The van der Waals surface area contributed by atoms with Gasteiger partial charge in [0, 0.05) is 35.3 Å². The highest BCUT2D eigenvalue weighted by molar-refractivity contribution is 9.10. The molecule has 1 fully saturated rings. The Kier molecular flexibility index (Phi) is 2.94. The van der Waals surface area contributed by atoms with Crippen LogP contribution in [0.3, 0.4) is 0 Å². The number of ether oxygens (including phenoxy) is 1. The topological polar surface area (TPSA) is 29.5 Å². The molecule has 3 nitrogen and oxygen atoms in total. The molecule has 0 bridgehead atoms. The molecule has 1 aromatic carbocycles. The summed E-state index contributed by atoms with van der Waals surface area (Å²) in [6.07, 6.45) is 1.85. The molecule has 0 aromatic heterocycles. The van der Waals surface area contributed by atoms with Crippen LogP contribution in [0.1, 0.15) is 35.7 Å². The van der Waals surface area contributed by atoms with Crippen molar-refractivity contribution in [2.24, 2.45) is 0 Å². The fourth-order valence-corrected chi connectivity index (χ4v) is 3.21. The monoisotopic (exact) mass is 309 g/mol. The average molecular weight is 310 g/mol. The molecule has 0 saturated carbocycles. The van der Waals surface area contributed by atoms with E-state index in [-0.39, 0.29) is 11.4 Å². The molecule has 18 heavy (non-hydrogen) atoms.